The van der Waals surface area contributed by atoms with Crippen molar-refractivity contribution in [3.8, 4) is 10.7 Å². The molecule has 0 aliphatic heterocycles. The highest BCUT2D eigenvalue weighted by Gasteiger charge is 2.13. The Labute approximate surface area is 115 Å². The molecule has 0 bridgehead atoms. The van der Waals surface area contributed by atoms with Crippen LogP contribution in [-0.4, -0.2) is 23.0 Å². The van der Waals surface area contributed by atoms with Gasteiger partial charge in [-0.15, -0.1) is 11.3 Å². The number of hydrogen-bond acceptors (Lipinski definition) is 5. The molecule has 2 aromatic rings. The number of ether oxygens (including phenoxy) is 1. The van der Waals surface area contributed by atoms with E-state index in [0.29, 0.717) is 5.82 Å². The smallest absolute Gasteiger partial charge is 0.356 e. The van der Waals surface area contributed by atoms with Gasteiger partial charge in [-0.1, -0.05) is 11.6 Å². The maximum absolute atomic E-state index is 11.4. The van der Waals surface area contributed by atoms with Crippen molar-refractivity contribution >= 4 is 44.8 Å². The van der Waals surface area contributed by atoms with E-state index in [9.17, 15) is 4.79 Å². The van der Waals surface area contributed by atoms with E-state index >= 15 is 0 Å². The van der Waals surface area contributed by atoms with Crippen molar-refractivity contribution in [2.24, 2.45) is 0 Å². The molecule has 0 atom stereocenters. The number of thiophene rings is 1. The molecule has 0 unspecified atom stereocenters. The first kappa shape index (κ1) is 12.5. The highest BCUT2D eigenvalue weighted by atomic mass is 79.9. The molecule has 0 N–H and O–H groups in total. The van der Waals surface area contributed by atoms with Gasteiger partial charge in [-0.2, -0.15) is 0 Å². The number of aromatic nitrogens is 2. The minimum atomic E-state index is -0.536. The van der Waals surface area contributed by atoms with E-state index in [1.54, 1.807) is 0 Å². The van der Waals surface area contributed by atoms with Crippen LogP contribution < -0.4 is 0 Å². The third-order valence-electron chi connectivity index (χ3n) is 1.88. The Morgan fingerprint density at radius 3 is 2.82 bits per heavy atom. The zero-order valence-electron chi connectivity index (χ0n) is 8.61. The number of carbonyl (C=O) groups excluding carboxylic acids is 1. The second-order valence-electron chi connectivity index (χ2n) is 3.02. The van der Waals surface area contributed by atoms with Crippen LogP contribution >= 0.6 is 38.9 Å². The SMILES string of the molecule is COC(=O)c1cc(Cl)nc(-c2cc(Br)cs2)n1. The van der Waals surface area contributed by atoms with Crippen molar-refractivity contribution in [3.63, 3.8) is 0 Å². The van der Waals surface area contributed by atoms with Gasteiger partial charge < -0.3 is 4.74 Å². The molecular formula is C10H6BrClN2O2S. The zero-order chi connectivity index (χ0) is 12.4. The first-order chi connectivity index (χ1) is 8.10. The van der Waals surface area contributed by atoms with Gasteiger partial charge in [0.25, 0.3) is 0 Å². The molecule has 7 heteroatoms. The summed E-state index contributed by atoms with van der Waals surface area (Å²) in [7, 11) is 1.29. The van der Waals surface area contributed by atoms with Crippen LogP contribution in [0.15, 0.2) is 22.0 Å². The molecule has 2 rings (SSSR count). The zero-order valence-corrected chi connectivity index (χ0v) is 11.8. The summed E-state index contributed by atoms with van der Waals surface area (Å²) in [5.41, 5.74) is 0.145. The van der Waals surface area contributed by atoms with E-state index in [4.69, 9.17) is 11.6 Å². The van der Waals surface area contributed by atoms with Crippen LogP contribution in [0, 0.1) is 0 Å². The van der Waals surface area contributed by atoms with Crippen LogP contribution in [0.1, 0.15) is 10.5 Å². The maximum Gasteiger partial charge on any atom is 0.356 e. The number of nitrogens with zero attached hydrogens (tertiary/aromatic N) is 2. The maximum atomic E-state index is 11.4. The number of esters is 1. The molecule has 4 nitrogen and oxygen atoms in total. The Morgan fingerprint density at radius 1 is 1.47 bits per heavy atom. The fourth-order valence-electron chi connectivity index (χ4n) is 1.17. The van der Waals surface area contributed by atoms with Gasteiger partial charge in [0.1, 0.15) is 5.15 Å². The monoisotopic (exact) mass is 332 g/mol. The number of rotatable bonds is 2. The van der Waals surface area contributed by atoms with E-state index in [-0.39, 0.29) is 10.8 Å². The fraction of sp³-hybridized carbons (Fsp3) is 0.100. The molecule has 0 saturated carbocycles. The Morgan fingerprint density at radius 2 is 2.24 bits per heavy atom. The molecule has 0 aliphatic rings. The lowest BCUT2D eigenvalue weighted by Gasteiger charge is -2.01. The lowest BCUT2D eigenvalue weighted by Crippen LogP contribution is -2.05. The molecule has 0 spiro atoms. The number of carbonyl (C=O) groups is 1. The average molecular weight is 334 g/mol. The first-order valence-electron chi connectivity index (χ1n) is 4.47. The summed E-state index contributed by atoms with van der Waals surface area (Å²) in [5, 5.41) is 2.11. The van der Waals surface area contributed by atoms with Crippen molar-refractivity contribution in [2.75, 3.05) is 7.11 Å². The summed E-state index contributed by atoms with van der Waals surface area (Å²) in [6.07, 6.45) is 0. The molecule has 0 aromatic carbocycles. The van der Waals surface area contributed by atoms with Crippen molar-refractivity contribution in [3.05, 3.63) is 32.8 Å². The van der Waals surface area contributed by atoms with Gasteiger partial charge in [-0.3, -0.25) is 0 Å². The van der Waals surface area contributed by atoms with Crippen molar-refractivity contribution in [1.29, 1.82) is 0 Å². The predicted molar refractivity (Wildman–Crippen MR) is 69.4 cm³/mol. The number of hydrogen-bond donors (Lipinski definition) is 0. The van der Waals surface area contributed by atoms with E-state index in [1.165, 1.54) is 24.5 Å². The Balaban J connectivity index is 2.48. The third kappa shape index (κ3) is 2.83. The molecule has 0 radical (unpaired) electrons. The molecule has 88 valence electrons. The fourth-order valence-corrected chi connectivity index (χ4v) is 2.71. The van der Waals surface area contributed by atoms with Gasteiger partial charge in [0.15, 0.2) is 11.5 Å². The number of methoxy groups -OCH3 is 1. The first-order valence-corrected chi connectivity index (χ1v) is 6.52. The van der Waals surface area contributed by atoms with Crippen molar-refractivity contribution in [2.45, 2.75) is 0 Å². The minimum Gasteiger partial charge on any atom is -0.464 e. The summed E-state index contributed by atoms with van der Waals surface area (Å²) in [5.74, 6) is -0.125. The molecule has 17 heavy (non-hydrogen) atoms. The average Bonchev–Trinajstić information content (AvgIpc) is 2.74. The Bertz CT molecular complexity index is 573. The lowest BCUT2D eigenvalue weighted by atomic mass is 10.3. The molecule has 0 fully saturated rings. The summed E-state index contributed by atoms with van der Waals surface area (Å²) in [6, 6.07) is 3.23. The topological polar surface area (TPSA) is 52.1 Å². The van der Waals surface area contributed by atoms with Crippen LogP contribution in [0.5, 0.6) is 0 Å². The second-order valence-corrected chi connectivity index (χ2v) is 5.23. The summed E-state index contributed by atoms with van der Waals surface area (Å²) < 4.78 is 5.52. The van der Waals surface area contributed by atoms with Crippen molar-refractivity contribution < 1.29 is 9.53 Å². The number of halogens is 2. The summed E-state index contributed by atoms with van der Waals surface area (Å²) in [6.45, 7) is 0. The molecule has 2 heterocycles. The summed E-state index contributed by atoms with van der Waals surface area (Å²) >= 11 is 10.6. The van der Waals surface area contributed by atoms with Gasteiger partial charge >= 0.3 is 5.97 Å². The van der Waals surface area contributed by atoms with Crippen LogP contribution in [0.4, 0.5) is 0 Å². The summed E-state index contributed by atoms with van der Waals surface area (Å²) in [4.78, 5) is 20.4. The molecular weight excluding hydrogens is 328 g/mol. The minimum absolute atomic E-state index is 0.145. The normalized spacial score (nSPS) is 10.3. The largest absolute Gasteiger partial charge is 0.464 e. The van der Waals surface area contributed by atoms with Crippen molar-refractivity contribution in [1.82, 2.24) is 9.97 Å². The van der Waals surface area contributed by atoms with Gasteiger partial charge in [0.2, 0.25) is 0 Å². The van der Waals surface area contributed by atoms with E-state index in [1.807, 2.05) is 11.4 Å². The quantitative estimate of drug-likeness (QED) is 0.624. The molecule has 2 aromatic heterocycles. The van der Waals surface area contributed by atoms with Crippen LogP contribution in [-0.2, 0) is 4.74 Å². The lowest BCUT2D eigenvalue weighted by molar-refractivity contribution is 0.0594. The Kier molecular flexibility index (Phi) is 3.76. The van der Waals surface area contributed by atoms with E-state index < -0.39 is 5.97 Å². The van der Waals surface area contributed by atoms with Crippen LogP contribution in [0.25, 0.3) is 10.7 Å². The van der Waals surface area contributed by atoms with Crippen LogP contribution in [0.3, 0.4) is 0 Å². The van der Waals surface area contributed by atoms with Gasteiger partial charge in [0, 0.05) is 15.9 Å². The standard InChI is InChI=1S/C10H6BrClN2O2S/c1-16-10(15)6-3-8(12)14-9(13-6)7-2-5(11)4-17-7/h2-4H,1H3. The highest BCUT2D eigenvalue weighted by Crippen LogP contribution is 2.28. The Hall–Kier alpha value is -0.980. The van der Waals surface area contributed by atoms with E-state index in [2.05, 4.69) is 30.6 Å². The molecule has 0 aliphatic carbocycles. The van der Waals surface area contributed by atoms with E-state index in [0.717, 1.165) is 9.35 Å². The third-order valence-corrected chi connectivity index (χ3v) is 3.76. The predicted octanol–water partition coefficient (Wildman–Crippen LogP) is 3.41. The molecule has 0 saturated heterocycles. The van der Waals surface area contributed by atoms with Crippen LogP contribution in [0.2, 0.25) is 5.15 Å². The van der Waals surface area contributed by atoms with Gasteiger partial charge in [-0.05, 0) is 22.0 Å². The van der Waals surface area contributed by atoms with Gasteiger partial charge in [0.05, 0.1) is 12.0 Å². The second kappa shape index (κ2) is 5.12. The van der Waals surface area contributed by atoms with Gasteiger partial charge in [-0.25, -0.2) is 14.8 Å². The molecule has 0 amide bonds. The highest BCUT2D eigenvalue weighted by molar-refractivity contribution is 9.10.